The molecule has 0 aliphatic carbocycles. The van der Waals surface area contributed by atoms with Crippen molar-refractivity contribution in [1.82, 2.24) is 24.6 Å². The number of hydrogen-bond acceptors (Lipinski definition) is 4. The maximum atomic E-state index is 13.8. The molecule has 0 atom stereocenters. The maximum absolute atomic E-state index is 13.8. The molecule has 2 aromatic heterocycles. The lowest BCUT2D eigenvalue weighted by atomic mass is 10.0. The van der Waals surface area contributed by atoms with E-state index in [-0.39, 0.29) is 23.7 Å². The summed E-state index contributed by atoms with van der Waals surface area (Å²) >= 11 is 0. The summed E-state index contributed by atoms with van der Waals surface area (Å²) < 4.78 is 15.1. The van der Waals surface area contributed by atoms with Crippen LogP contribution in [0.5, 0.6) is 0 Å². The highest BCUT2D eigenvalue weighted by molar-refractivity contribution is 6.06. The molecule has 184 valence electrons. The van der Waals surface area contributed by atoms with Gasteiger partial charge in [-0.05, 0) is 56.7 Å². The number of piperazine rings is 1. The van der Waals surface area contributed by atoms with Crippen molar-refractivity contribution in [3.05, 3.63) is 83.3 Å². The third kappa shape index (κ3) is 4.34. The van der Waals surface area contributed by atoms with Crippen molar-refractivity contribution in [2.24, 2.45) is 0 Å². The normalized spacial score (nSPS) is 14.0. The first-order chi connectivity index (χ1) is 17.3. The smallest absolute Gasteiger partial charge is 0.254 e. The maximum Gasteiger partial charge on any atom is 0.254 e. The minimum absolute atomic E-state index is 0.0890. The molecule has 1 fully saturated rings. The van der Waals surface area contributed by atoms with Crippen LogP contribution in [-0.4, -0.2) is 62.6 Å². The van der Waals surface area contributed by atoms with Crippen molar-refractivity contribution in [2.75, 3.05) is 26.2 Å². The molecule has 0 radical (unpaired) electrons. The Labute approximate surface area is 209 Å². The Balaban J connectivity index is 1.44. The molecular weight excluding hydrogens is 457 g/mol. The summed E-state index contributed by atoms with van der Waals surface area (Å²) in [5.74, 6) is -0.639. The second kappa shape index (κ2) is 9.53. The molecule has 4 aromatic rings. The zero-order chi connectivity index (χ0) is 25.4. The SMILES string of the molecule is Cc1ccccc1-c1cc(C(=O)N2CCN(C(=O)c3ccc(F)cc3)CC2)c2cnn(C(C)C)c2n1. The summed E-state index contributed by atoms with van der Waals surface area (Å²) in [5.41, 5.74) is 4.46. The molecule has 0 saturated carbocycles. The summed E-state index contributed by atoms with van der Waals surface area (Å²) in [6, 6.07) is 15.5. The third-order valence-electron chi connectivity index (χ3n) is 6.65. The fourth-order valence-electron chi connectivity index (χ4n) is 4.63. The van der Waals surface area contributed by atoms with Crippen LogP contribution in [0, 0.1) is 12.7 Å². The van der Waals surface area contributed by atoms with Crippen LogP contribution in [0.15, 0.2) is 60.8 Å². The Morgan fingerprint density at radius 2 is 1.56 bits per heavy atom. The van der Waals surface area contributed by atoms with E-state index in [2.05, 4.69) is 5.10 Å². The van der Waals surface area contributed by atoms with Crippen LogP contribution >= 0.6 is 0 Å². The molecule has 0 N–H and O–H groups in total. The van der Waals surface area contributed by atoms with Gasteiger partial charge >= 0.3 is 0 Å². The Bertz CT molecular complexity index is 1440. The van der Waals surface area contributed by atoms with Gasteiger partial charge in [-0.2, -0.15) is 5.10 Å². The predicted octanol–water partition coefficient (Wildman–Crippen LogP) is 4.72. The lowest BCUT2D eigenvalue weighted by Crippen LogP contribution is -2.50. The number of nitrogens with zero attached hydrogens (tertiary/aromatic N) is 5. The van der Waals surface area contributed by atoms with Crippen molar-refractivity contribution in [1.29, 1.82) is 0 Å². The summed E-state index contributed by atoms with van der Waals surface area (Å²) in [5, 5.41) is 5.24. The number of carbonyl (C=O) groups excluding carboxylic acids is 2. The topological polar surface area (TPSA) is 71.3 Å². The Kier molecular flexibility index (Phi) is 6.26. The monoisotopic (exact) mass is 485 g/mol. The summed E-state index contributed by atoms with van der Waals surface area (Å²) in [6.45, 7) is 7.74. The molecule has 2 amide bonds. The van der Waals surface area contributed by atoms with Crippen molar-refractivity contribution in [3.8, 4) is 11.3 Å². The summed E-state index contributed by atoms with van der Waals surface area (Å²) in [7, 11) is 0. The fourth-order valence-corrected chi connectivity index (χ4v) is 4.63. The van der Waals surface area contributed by atoms with Crippen LogP contribution in [0.1, 0.15) is 46.2 Å². The lowest BCUT2D eigenvalue weighted by Gasteiger charge is -2.35. The largest absolute Gasteiger partial charge is 0.335 e. The zero-order valence-electron chi connectivity index (χ0n) is 20.6. The minimum Gasteiger partial charge on any atom is -0.335 e. The van der Waals surface area contributed by atoms with E-state index < -0.39 is 0 Å². The first kappa shape index (κ1) is 23.7. The van der Waals surface area contributed by atoms with Crippen LogP contribution in [0.25, 0.3) is 22.3 Å². The predicted molar refractivity (Wildman–Crippen MR) is 136 cm³/mol. The average Bonchev–Trinajstić information content (AvgIpc) is 3.33. The number of rotatable bonds is 4. The van der Waals surface area contributed by atoms with E-state index in [0.717, 1.165) is 22.2 Å². The van der Waals surface area contributed by atoms with E-state index in [1.807, 2.05) is 55.8 Å². The molecule has 5 rings (SSSR count). The summed E-state index contributed by atoms with van der Waals surface area (Å²) in [4.78, 5) is 35.0. The Morgan fingerprint density at radius 1 is 0.917 bits per heavy atom. The molecule has 1 aliphatic heterocycles. The van der Waals surface area contributed by atoms with Crippen molar-refractivity contribution in [3.63, 3.8) is 0 Å². The van der Waals surface area contributed by atoms with Crippen molar-refractivity contribution >= 4 is 22.8 Å². The van der Waals surface area contributed by atoms with Gasteiger partial charge in [0.2, 0.25) is 0 Å². The number of fused-ring (bicyclic) bond motifs is 1. The molecule has 0 spiro atoms. The first-order valence-corrected chi connectivity index (χ1v) is 12.1. The number of hydrogen-bond donors (Lipinski definition) is 0. The van der Waals surface area contributed by atoms with E-state index in [9.17, 15) is 14.0 Å². The van der Waals surface area contributed by atoms with Crippen LogP contribution in [-0.2, 0) is 0 Å². The minimum atomic E-state index is -0.378. The molecule has 36 heavy (non-hydrogen) atoms. The molecule has 2 aromatic carbocycles. The molecular formula is C28H28FN5O2. The second-order valence-electron chi connectivity index (χ2n) is 9.38. The van der Waals surface area contributed by atoms with E-state index in [4.69, 9.17) is 4.98 Å². The standard InChI is InChI=1S/C28H28FN5O2/c1-18(2)34-26-24(17-30-34)23(16-25(31-26)22-7-5-4-6-19(22)3)28(36)33-14-12-32(13-15-33)27(35)20-8-10-21(29)11-9-20/h4-11,16-18H,12-15H2,1-3H3. The van der Waals surface area contributed by atoms with Gasteiger partial charge in [0.05, 0.1) is 22.8 Å². The number of aryl methyl sites for hydroxylation is 1. The van der Waals surface area contributed by atoms with Gasteiger partial charge in [0, 0.05) is 43.3 Å². The highest BCUT2D eigenvalue weighted by Crippen LogP contribution is 2.29. The molecule has 7 nitrogen and oxygen atoms in total. The number of carbonyl (C=O) groups is 2. The van der Waals surface area contributed by atoms with Crippen molar-refractivity contribution < 1.29 is 14.0 Å². The number of amides is 2. The van der Waals surface area contributed by atoms with Crippen LogP contribution in [0.2, 0.25) is 0 Å². The van der Waals surface area contributed by atoms with Gasteiger partial charge in [-0.3, -0.25) is 9.59 Å². The number of aromatic nitrogens is 3. The zero-order valence-corrected chi connectivity index (χ0v) is 20.6. The molecule has 0 bridgehead atoms. The van der Waals surface area contributed by atoms with Gasteiger partial charge < -0.3 is 9.80 Å². The second-order valence-corrected chi connectivity index (χ2v) is 9.38. The third-order valence-corrected chi connectivity index (χ3v) is 6.65. The van der Waals surface area contributed by atoms with Crippen LogP contribution in [0.4, 0.5) is 4.39 Å². The Hall–Kier alpha value is -4.07. The van der Waals surface area contributed by atoms with Gasteiger partial charge in [0.25, 0.3) is 11.8 Å². The molecule has 3 heterocycles. The number of halogens is 1. The molecule has 0 unspecified atom stereocenters. The number of benzene rings is 2. The van der Waals surface area contributed by atoms with Gasteiger partial charge in [-0.15, -0.1) is 0 Å². The molecule has 1 saturated heterocycles. The van der Waals surface area contributed by atoms with E-state index in [1.165, 1.54) is 24.3 Å². The lowest BCUT2D eigenvalue weighted by molar-refractivity contribution is 0.0536. The van der Waals surface area contributed by atoms with Gasteiger partial charge in [0.1, 0.15) is 5.82 Å². The van der Waals surface area contributed by atoms with Gasteiger partial charge in [0.15, 0.2) is 5.65 Å². The first-order valence-electron chi connectivity index (χ1n) is 12.1. The highest BCUT2D eigenvalue weighted by Gasteiger charge is 2.28. The van der Waals surface area contributed by atoms with Gasteiger partial charge in [-0.25, -0.2) is 14.1 Å². The molecule has 8 heteroatoms. The van der Waals surface area contributed by atoms with Gasteiger partial charge in [-0.1, -0.05) is 24.3 Å². The van der Waals surface area contributed by atoms with Crippen LogP contribution in [0.3, 0.4) is 0 Å². The highest BCUT2D eigenvalue weighted by atomic mass is 19.1. The Morgan fingerprint density at radius 3 is 2.19 bits per heavy atom. The summed E-state index contributed by atoms with van der Waals surface area (Å²) in [6.07, 6.45) is 1.71. The van der Waals surface area contributed by atoms with Crippen LogP contribution < -0.4 is 0 Å². The van der Waals surface area contributed by atoms with Crippen molar-refractivity contribution in [2.45, 2.75) is 26.8 Å². The number of pyridine rings is 1. The average molecular weight is 486 g/mol. The fraction of sp³-hybridized carbons (Fsp3) is 0.286. The van der Waals surface area contributed by atoms with E-state index in [1.54, 1.807) is 16.0 Å². The van der Waals surface area contributed by atoms with E-state index >= 15 is 0 Å². The quantitative estimate of drug-likeness (QED) is 0.419. The molecule has 1 aliphatic rings. The van der Waals surface area contributed by atoms with E-state index in [0.29, 0.717) is 43.0 Å².